The van der Waals surface area contributed by atoms with E-state index >= 15 is 0 Å². The van der Waals surface area contributed by atoms with E-state index in [0.717, 1.165) is 5.56 Å². The first-order valence-corrected chi connectivity index (χ1v) is 8.79. The number of carbonyl (C=O) groups is 3. The average Bonchev–Trinajstić information content (AvgIpc) is 2.62. The number of rotatable bonds is 11. The zero-order chi connectivity index (χ0) is 19.6. The minimum absolute atomic E-state index is 0.0340. The molecule has 0 unspecified atom stereocenters. The number of hydrogen-bond donors (Lipinski definition) is 1. The Kier molecular flexibility index (Phi) is 8.78. The van der Waals surface area contributed by atoms with Crippen molar-refractivity contribution in [3.63, 3.8) is 0 Å². The van der Waals surface area contributed by atoms with Crippen LogP contribution in [-0.2, 0) is 30.5 Å². The van der Waals surface area contributed by atoms with E-state index < -0.39 is 23.3 Å². The summed E-state index contributed by atoms with van der Waals surface area (Å²) in [5.41, 5.74) is -0.725. The highest BCUT2D eigenvalue weighted by Gasteiger charge is 2.45. The number of ether oxygens (including phenoxy) is 1. The number of hydrogen-bond acceptors (Lipinski definition) is 6. The molecule has 0 saturated heterocycles. The summed E-state index contributed by atoms with van der Waals surface area (Å²) in [7, 11) is 0. The van der Waals surface area contributed by atoms with Crippen LogP contribution >= 0.6 is 0 Å². The summed E-state index contributed by atoms with van der Waals surface area (Å²) in [5, 5.41) is 10.8. The Morgan fingerprint density at radius 3 is 2.19 bits per heavy atom. The lowest BCUT2D eigenvalue weighted by Crippen LogP contribution is -2.43. The summed E-state index contributed by atoms with van der Waals surface area (Å²) in [6.45, 7) is 5.62. The standard InChI is InChI=1S/C19H27NO6/c1-4-19(5-2,17(22)23)18(24)26-20(13-12-16(21)25-6-3)14-15-10-8-7-9-11-15/h7-11H,4-6,12-14H2,1-3H3,(H,22,23). The van der Waals surface area contributed by atoms with Gasteiger partial charge in [0.15, 0.2) is 5.41 Å². The second-order valence-corrected chi connectivity index (χ2v) is 5.88. The second kappa shape index (κ2) is 10.6. The normalized spacial score (nSPS) is 11.2. The van der Waals surface area contributed by atoms with Crippen molar-refractivity contribution in [3.8, 4) is 0 Å². The fourth-order valence-electron chi connectivity index (χ4n) is 2.53. The number of aliphatic carboxylic acids is 1. The van der Waals surface area contributed by atoms with Crippen LogP contribution in [0.2, 0.25) is 0 Å². The molecule has 144 valence electrons. The summed E-state index contributed by atoms with van der Waals surface area (Å²) >= 11 is 0. The van der Waals surface area contributed by atoms with Gasteiger partial charge in [-0.1, -0.05) is 44.2 Å². The fraction of sp³-hybridized carbons (Fsp3) is 0.526. The molecule has 0 radical (unpaired) electrons. The van der Waals surface area contributed by atoms with E-state index in [1.54, 1.807) is 20.8 Å². The molecule has 0 atom stereocenters. The number of carboxylic acids is 1. The molecule has 0 fully saturated rings. The van der Waals surface area contributed by atoms with E-state index in [1.807, 2.05) is 30.3 Å². The summed E-state index contributed by atoms with van der Waals surface area (Å²) in [5.74, 6) is -2.44. The Morgan fingerprint density at radius 1 is 1.08 bits per heavy atom. The maximum atomic E-state index is 12.6. The van der Waals surface area contributed by atoms with E-state index in [0.29, 0.717) is 0 Å². The van der Waals surface area contributed by atoms with Crippen molar-refractivity contribution < 1.29 is 29.1 Å². The van der Waals surface area contributed by atoms with Crippen LogP contribution in [0.15, 0.2) is 30.3 Å². The Labute approximate surface area is 153 Å². The van der Waals surface area contributed by atoms with E-state index in [4.69, 9.17) is 9.57 Å². The molecular weight excluding hydrogens is 338 g/mol. The van der Waals surface area contributed by atoms with Gasteiger partial charge in [0.2, 0.25) is 0 Å². The van der Waals surface area contributed by atoms with E-state index in [2.05, 4.69) is 0 Å². The van der Waals surface area contributed by atoms with Crippen LogP contribution in [0.1, 0.15) is 45.6 Å². The minimum Gasteiger partial charge on any atom is -0.480 e. The number of carboxylic acid groups (broad SMARTS) is 1. The molecule has 0 aliphatic heterocycles. The summed E-state index contributed by atoms with van der Waals surface area (Å²) in [6.07, 6.45) is 0.274. The van der Waals surface area contributed by atoms with Gasteiger partial charge in [0.05, 0.1) is 19.6 Å². The lowest BCUT2D eigenvalue weighted by molar-refractivity contribution is -0.210. The molecule has 0 heterocycles. The van der Waals surface area contributed by atoms with Crippen LogP contribution in [0.4, 0.5) is 0 Å². The Balaban J connectivity index is 2.90. The molecule has 0 spiro atoms. The summed E-state index contributed by atoms with van der Waals surface area (Å²) in [6, 6.07) is 9.27. The number of benzene rings is 1. The largest absolute Gasteiger partial charge is 0.480 e. The molecule has 7 heteroatoms. The Morgan fingerprint density at radius 2 is 1.69 bits per heavy atom. The molecular formula is C19H27NO6. The molecule has 1 N–H and O–H groups in total. The molecule has 0 aliphatic carbocycles. The highest BCUT2D eigenvalue weighted by atomic mass is 16.7. The van der Waals surface area contributed by atoms with Gasteiger partial charge in [0.25, 0.3) is 0 Å². The molecule has 0 saturated carbocycles. The number of nitrogens with zero attached hydrogens (tertiary/aromatic N) is 1. The predicted octanol–water partition coefficient (Wildman–Crippen LogP) is 2.79. The second-order valence-electron chi connectivity index (χ2n) is 5.88. The monoisotopic (exact) mass is 365 g/mol. The van der Waals surface area contributed by atoms with Gasteiger partial charge in [-0.25, -0.2) is 4.79 Å². The fourth-order valence-corrected chi connectivity index (χ4v) is 2.53. The molecule has 1 rings (SSSR count). The number of esters is 1. The maximum absolute atomic E-state index is 12.6. The first-order valence-electron chi connectivity index (χ1n) is 8.79. The third-order valence-corrected chi connectivity index (χ3v) is 4.29. The lowest BCUT2D eigenvalue weighted by atomic mass is 9.83. The van der Waals surface area contributed by atoms with Gasteiger partial charge in [0.1, 0.15) is 0 Å². The maximum Gasteiger partial charge on any atom is 0.342 e. The van der Waals surface area contributed by atoms with Crippen molar-refractivity contribution in [2.75, 3.05) is 13.2 Å². The zero-order valence-corrected chi connectivity index (χ0v) is 15.6. The van der Waals surface area contributed by atoms with Gasteiger partial charge >= 0.3 is 17.9 Å². The molecule has 26 heavy (non-hydrogen) atoms. The van der Waals surface area contributed by atoms with Crippen molar-refractivity contribution in [1.29, 1.82) is 0 Å². The summed E-state index contributed by atoms with van der Waals surface area (Å²) < 4.78 is 4.90. The quantitative estimate of drug-likeness (QED) is 0.366. The number of hydroxylamine groups is 2. The molecule has 0 aromatic heterocycles. The highest BCUT2D eigenvalue weighted by molar-refractivity contribution is 5.98. The van der Waals surface area contributed by atoms with Gasteiger partial charge in [-0.05, 0) is 25.3 Å². The van der Waals surface area contributed by atoms with Crippen LogP contribution in [0.5, 0.6) is 0 Å². The van der Waals surface area contributed by atoms with Gasteiger partial charge in [-0.3, -0.25) is 9.59 Å². The van der Waals surface area contributed by atoms with Gasteiger partial charge < -0.3 is 14.7 Å². The summed E-state index contributed by atoms with van der Waals surface area (Å²) in [4.78, 5) is 41.2. The molecule has 0 aliphatic rings. The molecule has 0 bridgehead atoms. The van der Waals surface area contributed by atoms with E-state index in [1.165, 1.54) is 5.06 Å². The van der Waals surface area contributed by atoms with Crippen molar-refractivity contribution in [2.24, 2.45) is 5.41 Å². The average molecular weight is 365 g/mol. The van der Waals surface area contributed by atoms with E-state index in [-0.39, 0.29) is 39.0 Å². The number of carbonyl (C=O) groups excluding carboxylic acids is 2. The van der Waals surface area contributed by atoms with Crippen LogP contribution in [-0.4, -0.2) is 41.2 Å². The highest BCUT2D eigenvalue weighted by Crippen LogP contribution is 2.29. The Bertz CT molecular complexity index is 597. The zero-order valence-electron chi connectivity index (χ0n) is 15.6. The van der Waals surface area contributed by atoms with Crippen molar-refractivity contribution in [1.82, 2.24) is 5.06 Å². The smallest absolute Gasteiger partial charge is 0.342 e. The first-order chi connectivity index (χ1) is 12.4. The van der Waals surface area contributed by atoms with Gasteiger partial charge in [-0.2, -0.15) is 0 Å². The first kappa shape index (κ1) is 21.6. The van der Waals surface area contributed by atoms with Gasteiger partial charge in [-0.15, -0.1) is 5.06 Å². The topological polar surface area (TPSA) is 93.1 Å². The van der Waals surface area contributed by atoms with Crippen molar-refractivity contribution >= 4 is 17.9 Å². The van der Waals surface area contributed by atoms with Gasteiger partial charge in [0, 0.05) is 6.54 Å². The van der Waals surface area contributed by atoms with E-state index in [9.17, 15) is 19.5 Å². The molecule has 0 amide bonds. The predicted molar refractivity (Wildman–Crippen MR) is 94.8 cm³/mol. The third-order valence-electron chi connectivity index (χ3n) is 4.29. The molecule has 1 aromatic carbocycles. The Hall–Kier alpha value is -2.41. The van der Waals surface area contributed by atoms with Crippen LogP contribution in [0, 0.1) is 5.41 Å². The third kappa shape index (κ3) is 5.84. The SMILES string of the molecule is CCOC(=O)CCN(Cc1ccccc1)OC(=O)C(CC)(CC)C(=O)O. The lowest BCUT2D eigenvalue weighted by Gasteiger charge is -2.28. The van der Waals surface area contributed by atoms with Crippen molar-refractivity contribution in [2.45, 2.75) is 46.6 Å². The van der Waals surface area contributed by atoms with Crippen LogP contribution < -0.4 is 0 Å². The van der Waals surface area contributed by atoms with Crippen LogP contribution in [0.3, 0.4) is 0 Å². The molecule has 7 nitrogen and oxygen atoms in total. The minimum atomic E-state index is -1.60. The van der Waals surface area contributed by atoms with Crippen LogP contribution in [0.25, 0.3) is 0 Å². The molecule has 1 aromatic rings. The van der Waals surface area contributed by atoms with Crippen molar-refractivity contribution in [3.05, 3.63) is 35.9 Å².